The highest BCUT2D eigenvalue weighted by Crippen LogP contribution is 2.25. The first-order valence-electron chi connectivity index (χ1n) is 9.78. The van der Waals surface area contributed by atoms with E-state index >= 15 is 0 Å². The Balaban J connectivity index is 1.64. The molecule has 0 aliphatic heterocycles. The Labute approximate surface area is 199 Å². The third-order valence-electron chi connectivity index (χ3n) is 4.60. The number of aromatic nitrogens is 2. The summed E-state index contributed by atoms with van der Waals surface area (Å²) in [5.41, 5.74) is 1.67. The van der Waals surface area contributed by atoms with E-state index in [-0.39, 0.29) is 17.1 Å². The summed E-state index contributed by atoms with van der Waals surface area (Å²) >= 11 is 2.60. The van der Waals surface area contributed by atoms with Crippen molar-refractivity contribution >= 4 is 39.1 Å². The zero-order valence-electron chi connectivity index (χ0n) is 17.8. The van der Waals surface area contributed by atoms with Gasteiger partial charge in [0.25, 0.3) is 0 Å². The molecule has 0 saturated carbocycles. The molecule has 2 aromatic carbocycles. The van der Waals surface area contributed by atoms with Crippen molar-refractivity contribution < 1.29 is 28.2 Å². The number of carboxylic acid groups (broad SMARTS) is 1. The van der Waals surface area contributed by atoms with Crippen molar-refractivity contribution in [3.05, 3.63) is 53.5 Å². The van der Waals surface area contributed by atoms with Gasteiger partial charge in [-0.2, -0.15) is 4.72 Å². The van der Waals surface area contributed by atoms with Crippen molar-refractivity contribution in [3.8, 4) is 16.9 Å². The number of ether oxygens (including phenoxy) is 1. The summed E-state index contributed by atoms with van der Waals surface area (Å²) < 4.78 is 33.5. The number of aliphatic hydroxyl groups is 1. The van der Waals surface area contributed by atoms with Crippen LogP contribution in [0.25, 0.3) is 11.1 Å². The highest BCUT2D eigenvalue weighted by molar-refractivity contribution is 8.01. The van der Waals surface area contributed by atoms with E-state index in [1.165, 1.54) is 35.2 Å². The summed E-state index contributed by atoms with van der Waals surface area (Å²) in [5, 5.41) is 28.3. The lowest BCUT2D eigenvalue weighted by atomic mass is 10.1. The topological polar surface area (TPSA) is 139 Å². The quantitative estimate of drug-likeness (QED) is 0.333. The van der Waals surface area contributed by atoms with Crippen LogP contribution in [0.15, 0.2) is 57.8 Å². The Morgan fingerprint density at radius 2 is 1.73 bits per heavy atom. The van der Waals surface area contributed by atoms with E-state index in [1.807, 2.05) is 12.1 Å². The molecule has 3 aromatic rings. The number of carboxylic acids is 1. The van der Waals surface area contributed by atoms with Gasteiger partial charge in [-0.3, -0.25) is 4.79 Å². The number of sulfonamides is 1. The Morgan fingerprint density at radius 3 is 2.24 bits per heavy atom. The fraction of sp³-hybridized carbons (Fsp3) is 0.286. The molecule has 0 spiro atoms. The van der Waals surface area contributed by atoms with Crippen molar-refractivity contribution in [3.63, 3.8) is 0 Å². The summed E-state index contributed by atoms with van der Waals surface area (Å²) in [7, 11) is -2.54. The molecule has 1 heterocycles. The average molecular weight is 510 g/mol. The van der Waals surface area contributed by atoms with Crippen LogP contribution in [0.4, 0.5) is 0 Å². The maximum Gasteiger partial charge on any atom is 0.321 e. The van der Waals surface area contributed by atoms with Crippen molar-refractivity contribution in [1.29, 1.82) is 0 Å². The number of nitrogens with zero attached hydrogens (tertiary/aromatic N) is 2. The van der Waals surface area contributed by atoms with Crippen LogP contribution in [-0.4, -0.2) is 59.8 Å². The molecule has 0 aliphatic rings. The van der Waals surface area contributed by atoms with E-state index in [4.69, 9.17) is 4.74 Å². The predicted octanol–water partition coefficient (Wildman–Crippen LogP) is 2.80. The average Bonchev–Trinajstić information content (AvgIpc) is 3.22. The van der Waals surface area contributed by atoms with Crippen molar-refractivity contribution in [2.24, 2.45) is 0 Å². The molecule has 2 atom stereocenters. The number of rotatable bonds is 11. The van der Waals surface area contributed by atoms with Gasteiger partial charge in [-0.05, 0) is 42.3 Å². The summed E-state index contributed by atoms with van der Waals surface area (Å²) in [5.74, 6) is -0.499. The van der Waals surface area contributed by atoms with E-state index < -0.39 is 28.1 Å². The van der Waals surface area contributed by atoms with E-state index in [9.17, 15) is 23.4 Å². The highest BCUT2D eigenvalue weighted by Gasteiger charge is 2.28. The number of aliphatic carboxylic acids is 1. The Kier molecular flexibility index (Phi) is 8.43. The molecular weight excluding hydrogens is 486 g/mol. The normalized spacial score (nSPS) is 13.4. The van der Waals surface area contributed by atoms with Gasteiger partial charge in [0, 0.05) is 12.2 Å². The van der Waals surface area contributed by atoms with Gasteiger partial charge in [-0.15, -0.1) is 10.2 Å². The first-order chi connectivity index (χ1) is 15.7. The van der Waals surface area contributed by atoms with Gasteiger partial charge in [-0.1, -0.05) is 47.4 Å². The maximum atomic E-state index is 12.7. The summed E-state index contributed by atoms with van der Waals surface area (Å²) in [6, 6.07) is 11.9. The smallest absolute Gasteiger partial charge is 0.321 e. The fourth-order valence-electron chi connectivity index (χ4n) is 2.91. The van der Waals surface area contributed by atoms with Crippen LogP contribution in [0.3, 0.4) is 0 Å². The van der Waals surface area contributed by atoms with Crippen LogP contribution in [0, 0.1) is 6.92 Å². The minimum atomic E-state index is -4.11. The molecule has 1 aromatic heterocycles. The molecule has 0 radical (unpaired) electrons. The minimum Gasteiger partial charge on any atom is -0.497 e. The zero-order chi connectivity index (χ0) is 24.0. The van der Waals surface area contributed by atoms with Crippen LogP contribution in [-0.2, 0) is 14.8 Å². The summed E-state index contributed by atoms with van der Waals surface area (Å²) in [6.45, 7) is 1.80. The van der Waals surface area contributed by atoms with Crippen LogP contribution in [0.1, 0.15) is 11.4 Å². The molecule has 9 nitrogen and oxygen atoms in total. The lowest BCUT2D eigenvalue weighted by molar-refractivity contribution is -0.139. The van der Waals surface area contributed by atoms with E-state index in [0.717, 1.165) is 16.1 Å². The fourth-order valence-corrected chi connectivity index (χ4v) is 5.90. The number of methoxy groups -OCH3 is 1. The van der Waals surface area contributed by atoms with E-state index in [1.54, 1.807) is 38.3 Å². The van der Waals surface area contributed by atoms with Gasteiger partial charge in [0.2, 0.25) is 10.0 Å². The van der Waals surface area contributed by atoms with Crippen molar-refractivity contribution in [2.45, 2.75) is 34.7 Å². The lowest BCUT2D eigenvalue weighted by Crippen LogP contribution is -2.43. The molecule has 3 rings (SSSR count). The molecular formula is C21H23N3O6S3. The molecule has 176 valence electrons. The SMILES string of the molecule is COc1ccc(-c2ccc(S(=O)(=O)NC(CC(O)CSc3nnc(C)s3)C(=O)O)cc2)cc1. The van der Waals surface area contributed by atoms with Gasteiger partial charge >= 0.3 is 5.97 Å². The van der Waals surface area contributed by atoms with Gasteiger partial charge in [0.1, 0.15) is 16.8 Å². The predicted molar refractivity (Wildman–Crippen MR) is 126 cm³/mol. The first kappa shape index (κ1) is 25.1. The van der Waals surface area contributed by atoms with Gasteiger partial charge in [-0.25, -0.2) is 8.42 Å². The van der Waals surface area contributed by atoms with Crippen molar-refractivity contribution in [1.82, 2.24) is 14.9 Å². The largest absolute Gasteiger partial charge is 0.497 e. The lowest BCUT2D eigenvalue weighted by Gasteiger charge is -2.18. The first-order valence-corrected chi connectivity index (χ1v) is 13.1. The van der Waals surface area contributed by atoms with Gasteiger partial charge < -0.3 is 14.9 Å². The molecule has 33 heavy (non-hydrogen) atoms. The van der Waals surface area contributed by atoms with Gasteiger partial charge in [0.05, 0.1) is 18.1 Å². The Morgan fingerprint density at radius 1 is 1.12 bits per heavy atom. The molecule has 0 bridgehead atoms. The molecule has 2 unspecified atom stereocenters. The zero-order valence-corrected chi connectivity index (χ0v) is 20.3. The standard InChI is InChI=1S/C21H23N3O6S3/c1-13-22-23-21(32-13)31-12-16(25)11-19(20(26)27)24-33(28,29)18-9-5-15(6-10-18)14-3-7-17(30-2)8-4-14/h3-10,16,19,24-25H,11-12H2,1-2H3,(H,26,27). The second kappa shape index (κ2) is 11.1. The van der Waals surface area contributed by atoms with Crippen molar-refractivity contribution in [2.75, 3.05) is 12.9 Å². The Bertz CT molecular complexity index is 1180. The molecule has 12 heteroatoms. The van der Waals surface area contributed by atoms with Crippen LogP contribution >= 0.6 is 23.1 Å². The molecule has 3 N–H and O–H groups in total. The number of nitrogens with one attached hydrogen (secondary N) is 1. The van der Waals surface area contributed by atoms with Crippen LogP contribution in [0.2, 0.25) is 0 Å². The van der Waals surface area contributed by atoms with Gasteiger partial charge in [0.15, 0.2) is 4.34 Å². The number of hydrogen-bond acceptors (Lipinski definition) is 9. The van der Waals surface area contributed by atoms with Crippen LogP contribution in [0.5, 0.6) is 5.75 Å². The molecule has 0 amide bonds. The summed E-state index contributed by atoms with van der Waals surface area (Å²) in [6.07, 6.45) is -1.34. The number of aliphatic hydroxyl groups excluding tert-OH is 1. The highest BCUT2D eigenvalue weighted by atomic mass is 32.2. The van der Waals surface area contributed by atoms with E-state index in [0.29, 0.717) is 10.1 Å². The summed E-state index contributed by atoms with van der Waals surface area (Å²) in [4.78, 5) is 11.6. The Hall–Kier alpha value is -2.51. The molecule has 0 fully saturated rings. The number of benzene rings is 2. The molecule has 0 aliphatic carbocycles. The molecule has 0 saturated heterocycles. The number of aryl methyl sites for hydroxylation is 1. The third-order valence-corrected chi connectivity index (χ3v) is 8.20. The minimum absolute atomic E-state index is 0.0702. The second-order valence-corrected chi connectivity index (χ2v) is 11.2. The van der Waals surface area contributed by atoms with Crippen LogP contribution < -0.4 is 9.46 Å². The monoisotopic (exact) mass is 509 g/mol. The number of thioether (sulfide) groups is 1. The number of carbonyl (C=O) groups is 1. The second-order valence-electron chi connectivity index (χ2n) is 7.05. The number of hydrogen-bond donors (Lipinski definition) is 3. The third kappa shape index (κ3) is 6.98. The van der Waals surface area contributed by atoms with E-state index in [2.05, 4.69) is 14.9 Å². The maximum absolute atomic E-state index is 12.7.